The van der Waals surface area contributed by atoms with E-state index in [-0.39, 0.29) is 10.8 Å². The van der Waals surface area contributed by atoms with Gasteiger partial charge in [0.2, 0.25) is 0 Å². The van der Waals surface area contributed by atoms with Gasteiger partial charge in [-0.1, -0.05) is 37.3 Å². The van der Waals surface area contributed by atoms with Crippen LogP contribution in [0.15, 0.2) is 46.7 Å². The number of hydrogen-bond donors (Lipinski definition) is 0. The third-order valence-electron chi connectivity index (χ3n) is 4.73. The Bertz CT molecular complexity index is 1130. The number of anilines is 1. The van der Waals surface area contributed by atoms with Crippen LogP contribution in [0.1, 0.15) is 18.7 Å². The molecule has 0 radical (unpaired) electrons. The summed E-state index contributed by atoms with van der Waals surface area (Å²) in [5.41, 5.74) is 0.419. The quantitative estimate of drug-likeness (QED) is 0.446. The molecule has 0 bridgehead atoms. The molecule has 0 unspecified atom stereocenters. The summed E-state index contributed by atoms with van der Waals surface area (Å²) in [4.78, 5) is 22.7. The van der Waals surface area contributed by atoms with Crippen molar-refractivity contribution in [2.24, 2.45) is 0 Å². The van der Waals surface area contributed by atoms with Crippen molar-refractivity contribution in [1.29, 1.82) is 0 Å². The monoisotopic (exact) mass is 463 g/mol. The topological polar surface area (TPSA) is 70.6 Å². The number of hydrogen-bond acceptors (Lipinski definition) is 7. The largest absolute Gasteiger partial charge is 0.302 e. The molecule has 0 atom stereocenters. The summed E-state index contributed by atoms with van der Waals surface area (Å²) in [7, 11) is -3.42. The van der Waals surface area contributed by atoms with Gasteiger partial charge in [0.15, 0.2) is 15.0 Å². The van der Waals surface area contributed by atoms with E-state index < -0.39 is 9.84 Å². The van der Waals surface area contributed by atoms with Crippen molar-refractivity contribution in [3.8, 4) is 0 Å². The predicted molar refractivity (Wildman–Crippen MR) is 126 cm³/mol. The van der Waals surface area contributed by atoms with Crippen molar-refractivity contribution < 1.29 is 13.2 Å². The summed E-state index contributed by atoms with van der Waals surface area (Å²) in [6.45, 7) is 7.14. The summed E-state index contributed by atoms with van der Waals surface area (Å²) >= 11 is 2.89. The van der Waals surface area contributed by atoms with Gasteiger partial charge in [-0.3, -0.25) is 9.69 Å². The molecule has 0 fully saturated rings. The standard InChI is InChI=1S/C21H25N3O3S3/c1-4-23(5-2)13-14-24(19(25)12-11-16-8-7-15-28-16)21-22-20-17(29-21)9-6-10-18(20)30(3,26)27/h6-12,15H,4-5,13-14H2,1-3H3. The fourth-order valence-electron chi connectivity index (χ4n) is 3.04. The van der Waals surface area contributed by atoms with Crippen LogP contribution in [0.25, 0.3) is 16.3 Å². The Balaban J connectivity index is 1.97. The van der Waals surface area contributed by atoms with Gasteiger partial charge in [-0.05, 0) is 42.7 Å². The number of aromatic nitrogens is 1. The van der Waals surface area contributed by atoms with Crippen LogP contribution in [-0.2, 0) is 14.6 Å². The van der Waals surface area contributed by atoms with Gasteiger partial charge in [-0.2, -0.15) is 0 Å². The smallest absolute Gasteiger partial charge is 0.252 e. The average Bonchev–Trinajstić information content (AvgIpc) is 3.37. The van der Waals surface area contributed by atoms with Crippen molar-refractivity contribution in [1.82, 2.24) is 9.88 Å². The van der Waals surface area contributed by atoms with Gasteiger partial charge in [-0.15, -0.1) is 11.3 Å². The van der Waals surface area contributed by atoms with Crippen molar-refractivity contribution in [3.05, 3.63) is 46.7 Å². The molecule has 30 heavy (non-hydrogen) atoms. The molecule has 1 aromatic carbocycles. The number of para-hydroxylation sites is 1. The van der Waals surface area contributed by atoms with Crippen LogP contribution in [0.4, 0.5) is 5.13 Å². The summed E-state index contributed by atoms with van der Waals surface area (Å²) in [5.74, 6) is -0.171. The molecule has 2 aromatic heterocycles. The first-order chi connectivity index (χ1) is 14.3. The van der Waals surface area contributed by atoms with Gasteiger partial charge in [-0.25, -0.2) is 13.4 Å². The lowest BCUT2D eigenvalue weighted by Crippen LogP contribution is -2.38. The number of amides is 1. The second-order valence-corrected chi connectivity index (χ2v) is 10.7. The van der Waals surface area contributed by atoms with Crippen molar-refractivity contribution >= 4 is 59.8 Å². The molecule has 160 valence electrons. The van der Waals surface area contributed by atoms with E-state index >= 15 is 0 Å². The number of fused-ring (bicyclic) bond motifs is 1. The third kappa shape index (κ3) is 5.34. The number of carbonyl (C=O) groups is 1. The van der Waals surface area contributed by atoms with E-state index in [0.717, 1.165) is 22.7 Å². The number of thiazole rings is 1. The van der Waals surface area contributed by atoms with E-state index in [2.05, 4.69) is 23.7 Å². The third-order valence-corrected chi connectivity index (χ3v) is 7.74. The molecule has 3 aromatic rings. The molecule has 3 rings (SSSR count). The van der Waals surface area contributed by atoms with E-state index in [1.54, 1.807) is 40.5 Å². The highest BCUT2D eigenvalue weighted by atomic mass is 32.2. The zero-order chi connectivity index (χ0) is 21.7. The average molecular weight is 464 g/mol. The Kier molecular flexibility index (Phi) is 7.41. The molecule has 0 aliphatic carbocycles. The first kappa shape index (κ1) is 22.6. The Morgan fingerprint density at radius 3 is 2.53 bits per heavy atom. The Labute approximate surface area is 185 Å². The zero-order valence-corrected chi connectivity index (χ0v) is 19.7. The summed E-state index contributed by atoms with van der Waals surface area (Å²) in [6.07, 6.45) is 4.53. The van der Waals surface area contributed by atoms with Crippen molar-refractivity contribution in [2.75, 3.05) is 37.3 Å². The van der Waals surface area contributed by atoms with Gasteiger partial charge in [0.1, 0.15) is 5.52 Å². The lowest BCUT2D eigenvalue weighted by molar-refractivity contribution is -0.114. The van der Waals surface area contributed by atoms with E-state index in [0.29, 0.717) is 23.7 Å². The molecule has 9 heteroatoms. The van der Waals surface area contributed by atoms with Gasteiger partial charge < -0.3 is 4.90 Å². The highest BCUT2D eigenvalue weighted by Gasteiger charge is 2.21. The Morgan fingerprint density at radius 1 is 1.13 bits per heavy atom. The Morgan fingerprint density at radius 2 is 1.90 bits per heavy atom. The number of rotatable bonds is 9. The number of nitrogens with zero attached hydrogens (tertiary/aromatic N) is 3. The maximum atomic E-state index is 13.1. The van der Waals surface area contributed by atoms with Crippen molar-refractivity contribution in [3.63, 3.8) is 0 Å². The lowest BCUT2D eigenvalue weighted by Gasteiger charge is -2.23. The van der Waals surface area contributed by atoms with Crippen LogP contribution in [-0.4, -0.2) is 56.6 Å². The van der Waals surface area contributed by atoms with Crippen LogP contribution < -0.4 is 4.90 Å². The minimum atomic E-state index is -3.42. The molecule has 2 heterocycles. The molecule has 6 nitrogen and oxygen atoms in total. The number of benzene rings is 1. The van der Waals surface area contributed by atoms with Gasteiger partial charge in [0.05, 0.1) is 9.60 Å². The van der Waals surface area contributed by atoms with Crippen LogP contribution in [0.2, 0.25) is 0 Å². The maximum Gasteiger partial charge on any atom is 0.252 e. The van der Waals surface area contributed by atoms with Crippen LogP contribution >= 0.6 is 22.7 Å². The molecular weight excluding hydrogens is 438 g/mol. The lowest BCUT2D eigenvalue weighted by atomic mass is 10.3. The number of likely N-dealkylation sites (N-methyl/N-ethyl adjacent to an activating group) is 1. The fraction of sp³-hybridized carbons (Fsp3) is 0.333. The second-order valence-electron chi connectivity index (χ2n) is 6.74. The first-order valence-corrected chi connectivity index (χ1v) is 13.3. The molecular formula is C21H25N3O3S3. The normalized spacial score (nSPS) is 12.3. The molecule has 0 spiro atoms. The molecule has 0 aliphatic rings. The summed E-state index contributed by atoms with van der Waals surface area (Å²) in [5, 5.41) is 2.47. The van der Waals surface area contributed by atoms with Gasteiger partial charge >= 0.3 is 0 Å². The first-order valence-electron chi connectivity index (χ1n) is 9.68. The van der Waals surface area contributed by atoms with E-state index in [4.69, 9.17) is 0 Å². The fourth-order valence-corrected chi connectivity index (χ4v) is 5.58. The molecule has 0 aliphatic heterocycles. The van der Waals surface area contributed by atoms with Crippen LogP contribution in [0.3, 0.4) is 0 Å². The van der Waals surface area contributed by atoms with Crippen LogP contribution in [0, 0.1) is 0 Å². The molecule has 1 amide bonds. The molecule has 0 saturated carbocycles. The summed E-state index contributed by atoms with van der Waals surface area (Å²) in [6, 6.07) is 8.98. The van der Waals surface area contributed by atoms with Crippen molar-refractivity contribution in [2.45, 2.75) is 18.7 Å². The zero-order valence-electron chi connectivity index (χ0n) is 17.2. The highest BCUT2D eigenvalue weighted by Crippen LogP contribution is 2.32. The highest BCUT2D eigenvalue weighted by molar-refractivity contribution is 7.91. The minimum Gasteiger partial charge on any atom is -0.302 e. The summed E-state index contributed by atoms with van der Waals surface area (Å²) < 4.78 is 25.1. The van der Waals surface area contributed by atoms with E-state index in [1.165, 1.54) is 17.6 Å². The minimum absolute atomic E-state index is 0.171. The molecule has 0 saturated heterocycles. The van der Waals surface area contributed by atoms with E-state index in [1.807, 2.05) is 23.6 Å². The maximum absolute atomic E-state index is 13.1. The second kappa shape index (κ2) is 9.82. The number of sulfone groups is 1. The predicted octanol–water partition coefficient (Wildman–Crippen LogP) is 4.15. The SMILES string of the molecule is CCN(CC)CCN(C(=O)C=Cc1cccs1)c1nc2c(S(C)(=O)=O)cccc2s1. The number of thiophene rings is 1. The molecule has 0 N–H and O–H groups in total. The van der Waals surface area contributed by atoms with Gasteiger partial charge in [0.25, 0.3) is 5.91 Å². The van der Waals surface area contributed by atoms with E-state index in [9.17, 15) is 13.2 Å². The Hall–Kier alpha value is -2.07. The number of carbonyl (C=O) groups excluding carboxylic acids is 1. The van der Waals surface area contributed by atoms with Crippen LogP contribution in [0.5, 0.6) is 0 Å². The van der Waals surface area contributed by atoms with Gasteiger partial charge in [0, 0.05) is 30.3 Å².